The fourth-order valence-electron chi connectivity index (χ4n) is 0.830. The van der Waals surface area contributed by atoms with Crippen LogP contribution in [0, 0.1) is 6.92 Å². The van der Waals surface area contributed by atoms with Gasteiger partial charge >= 0.3 is 0 Å². The molecule has 1 heterocycles. The first-order valence-corrected chi connectivity index (χ1v) is 3.48. The number of aryl methyl sites for hydroxylation is 1. The third-order valence-corrected chi connectivity index (χ3v) is 1.44. The molecular weight excluding hydrogens is 140 g/mol. The summed E-state index contributed by atoms with van der Waals surface area (Å²) in [6.07, 6.45) is 1.76. The maximum atomic E-state index is 5.37. The predicted molar refractivity (Wildman–Crippen MR) is 44.2 cm³/mol. The van der Waals surface area contributed by atoms with Crippen molar-refractivity contribution in [3.05, 3.63) is 17.6 Å². The smallest absolute Gasteiger partial charge is 0.144 e. The molecule has 1 aromatic rings. The number of anilines is 1. The van der Waals surface area contributed by atoms with Gasteiger partial charge in [-0.2, -0.15) is 0 Å². The Morgan fingerprint density at radius 2 is 2.36 bits per heavy atom. The standard InChI is InChI=1S/C7H12N4/c1-5-4-10-6(3-8)11-7(5)9-2/h4H,3,8H2,1-2H3,(H,9,10,11). The first kappa shape index (κ1) is 7.94. The Hall–Kier alpha value is -1.16. The van der Waals surface area contributed by atoms with E-state index in [4.69, 9.17) is 5.73 Å². The van der Waals surface area contributed by atoms with E-state index in [0.717, 1.165) is 11.4 Å². The zero-order valence-electron chi connectivity index (χ0n) is 6.76. The van der Waals surface area contributed by atoms with Crippen molar-refractivity contribution in [1.29, 1.82) is 0 Å². The molecule has 0 spiro atoms. The second-order valence-electron chi connectivity index (χ2n) is 2.27. The summed E-state index contributed by atoms with van der Waals surface area (Å²) in [4.78, 5) is 8.19. The molecule has 3 N–H and O–H groups in total. The number of nitrogens with two attached hydrogens (primary N) is 1. The largest absolute Gasteiger partial charge is 0.373 e. The fourth-order valence-corrected chi connectivity index (χ4v) is 0.830. The van der Waals surface area contributed by atoms with Crippen LogP contribution in [-0.2, 0) is 6.54 Å². The minimum atomic E-state index is 0.384. The summed E-state index contributed by atoms with van der Waals surface area (Å²) >= 11 is 0. The van der Waals surface area contributed by atoms with Crippen LogP contribution in [0.2, 0.25) is 0 Å². The van der Waals surface area contributed by atoms with E-state index >= 15 is 0 Å². The van der Waals surface area contributed by atoms with E-state index < -0.39 is 0 Å². The van der Waals surface area contributed by atoms with E-state index in [-0.39, 0.29) is 0 Å². The second kappa shape index (κ2) is 3.30. The molecule has 0 unspecified atom stereocenters. The number of hydrogen-bond donors (Lipinski definition) is 2. The Labute approximate surface area is 65.9 Å². The van der Waals surface area contributed by atoms with Crippen LogP contribution in [0.3, 0.4) is 0 Å². The highest BCUT2D eigenvalue weighted by Crippen LogP contribution is 2.07. The lowest BCUT2D eigenvalue weighted by molar-refractivity contribution is 0.903. The molecule has 0 saturated heterocycles. The second-order valence-corrected chi connectivity index (χ2v) is 2.27. The molecule has 0 radical (unpaired) electrons. The number of nitrogens with zero attached hydrogens (tertiary/aromatic N) is 2. The Bertz CT molecular complexity index is 246. The van der Waals surface area contributed by atoms with E-state index in [2.05, 4.69) is 15.3 Å². The first-order valence-electron chi connectivity index (χ1n) is 3.48. The number of nitrogens with one attached hydrogen (secondary N) is 1. The van der Waals surface area contributed by atoms with Crippen LogP contribution >= 0.6 is 0 Å². The zero-order chi connectivity index (χ0) is 8.27. The quantitative estimate of drug-likeness (QED) is 0.639. The van der Waals surface area contributed by atoms with Gasteiger partial charge in [-0.1, -0.05) is 0 Å². The minimum Gasteiger partial charge on any atom is -0.373 e. The van der Waals surface area contributed by atoms with Crippen molar-refractivity contribution in [2.45, 2.75) is 13.5 Å². The summed E-state index contributed by atoms with van der Waals surface area (Å²) in [5.74, 6) is 1.51. The predicted octanol–water partition coefficient (Wildman–Crippen LogP) is 0.285. The highest BCUT2D eigenvalue weighted by atomic mass is 15.0. The molecule has 0 aliphatic rings. The molecule has 11 heavy (non-hydrogen) atoms. The highest BCUT2D eigenvalue weighted by molar-refractivity contribution is 5.40. The third kappa shape index (κ3) is 1.65. The first-order chi connectivity index (χ1) is 5.27. The van der Waals surface area contributed by atoms with Crippen molar-refractivity contribution in [3.63, 3.8) is 0 Å². The minimum absolute atomic E-state index is 0.384. The van der Waals surface area contributed by atoms with Gasteiger partial charge in [0.2, 0.25) is 0 Å². The summed E-state index contributed by atoms with van der Waals surface area (Å²) in [6.45, 7) is 2.33. The van der Waals surface area contributed by atoms with Crippen LogP contribution in [0.1, 0.15) is 11.4 Å². The van der Waals surface area contributed by atoms with E-state index in [9.17, 15) is 0 Å². The molecule has 60 valence electrons. The van der Waals surface area contributed by atoms with Gasteiger partial charge in [0, 0.05) is 18.8 Å². The molecule has 0 aromatic carbocycles. The number of rotatable bonds is 2. The fraction of sp³-hybridized carbons (Fsp3) is 0.429. The Morgan fingerprint density at radius 1 is 1.64 bits per heavy atom. The van der Waals surface area contributed by atoms with Gasteiger partial charge < -0.3 is 11.1 Å². The van der Waals surface area contributed by atoms with Crippen molar-refractivity contribution in [2.75, 3.05) is 12.4 Å². The summed E-state index contributed by atoms with van der Waals surface area (Å²) in [7, 11) is 1.83. The highest BCUT2D eigenvalue weighted by Gasteiger charge is 1.98. The molecule has 1 aromatic heterocycles. The average molecular weight is 152 g/mol. The summed E-state index contributed by atoms with van der Waals surface area (Å²) in [6, 6.07) is 0. The molecule has 0 amide bonds. The molecule has 4 nitrogen and oxygen atoms in total. The van der Waals surface area contributed by atoms with Crippen LogP contribution < -0.4 is 11.1 Å². The van der Waals surface area contributed by atoms with Crippen molar-refractivity contribution in [2.24, 2.45) is 5.73 Å². The Kier molecular flexibility index (Phi) is 2.38. The summed E-state index contributed by atoms with van der Waals surface area (Å²) in [5, 5.41) is 2.96. The van der Waals surface area contributed by atoms with Gasteiger partial charge in [-0.25, -0.2) is 9.97 Å². The van der Waals surface area contributed by atoms with Crippen LogP contribution in [-0.4, -0.2) is 17.0 Å². The topological polar surface area (TPSA) is 63.8 Å². The molecule has 0 fully saturated rings. The van der Waals surface area contributed by atoms with Crippen LogP contribution in [0.4, 0.5) is 5.82 Å². The zero-order valence-corrected chi connectivity index (χ0v) is 6.76. The lowest BCUT2D eigenvalue weighted by Crippen LogP contribution is -2.06. The Morgan fingerprint density at radius 3 is 2.91 bits per heavy atom. The molecule has 0 bridgehead atoms. The summed E-state index contributed by atoms with van der Waals surface area (Å²) in [5.41, 5.74) is 6.40. The van der Waals surface area contributed by atoms with E-state index in [1.165, 1.54) is 0 Å². The summed E-state index contributed by atoms with van der Waals surface area (Å²) < 4.78 is 0. The SMILES string of the molecule is CNc1nc(CN)ncc1C. The van der Waals surface area contributed by atoms with Crippen LogP contribution in [0.5, 0.6) is 0 Å². The van der Waals surface area contributed by atoms with Gasteiger partial charge in [-0.05, 0) is 6.92 Å². The van der Waals surface area contributed by atoms with Crippen molar-refractivity contribution in [1.82, 2.24) is 9.97 Å². The van der Waals surface area contributed by atoms with Gasteiger partial charge in [-0.3, -0.25) is 0 Å². The van der Waals surface area contributed by atoms with Gasteiger partial charge in [0.05, 0.1) is 6.54 Å². The number of aromatic nitrogens is 2. The van der Waals surface area contributed by atoms with Crippen LogP contribution in [0.25, 0.3) is 0 Å². The van der Waals surface area contributed by atoms with Gasteiger partial charge in [0.15, 0.2) is 0 Å². The van der Waals surface area contributed by atoms with E-state index in [0.29, 0.717) is 12.4 Å². The van der Waals surface area contributed by atoms with E-state index in [1.54, 1.807) is 6.20 Å². The number of hydrogen-bond acceptors (Lipinski definition) is 4. The van der Waals surface area contributed by atoms with Gasteiger partial charge in [0.25, 0.3) is 0 Å². The van der Waals surface area contributed by atoms with Crippen molar-refractivity contribution in [3.8, 4) is 0 Å². The van der Waals surface area contributed by atoms with E-state index in [1.807, 2.05) is 14.0 Å². The molecular formula is C7H12N4. The molecule has 1 rings (SSSR count). The average Bonchev–Trinajstić information content (AvgIpc) is 2.05. The van der Waals surface area contributed by atoms with Crippen LogP contribution in [0.15, 0.2) is 6.20 Å². The monoisotopic (exact) mass is 152 g/mol. The lowest BCUT2D eigenvalue weighted by Gasteiger charge is -2.03. The third-order valence-electron chi connectivity index (χ3n) is 1.44. The van der Waals surface area contributed by atoms with Crippen molar-refractivity contribution >= 4 is 5.82 Å². The lowest BCUT2D eigenvalue weighted by atomic mass is 10.3. The normalized spacial score (nSPS) is 9.73. The molecule has 0 atom stereocenters. The molecule has 4 heteroatoms. The molecule has 0 aliphatic heterocycles. The maximum Gasteiger partial charge on any atom is 0.144 e. The molecule has 0 saturated carbocycles. The van der Waals surface area contributed by atoms with Gasteiger partial charge in [0.1, 0.15) is 11.6 Å². The van der Waals surface area contributed by atoms with Gasteiger partial charge in [-0.15, -0.1) is 0 Å². The van der Waals surface area contributed by atoms with Crippen molar-refractivity contribution < 1.29 is 0 Å². The maximum absolute atomic E-state index is 5.37. The molecule has 0 aliphatic carbocycles. The Balaban J connectivity index is 3.02.